The van der Waals surface area contributed by atoms with Gasteiger partial charge in [0.2, 0.25) is 5.91 Å². The van der Waals surface area contributed by atoms with Crippen LogP contribution in [-0.2, 0) is 9.53 Å². The van der Waals surface area contributed by atoms with Crippen molar-refractivity contribution in [1.29, 1.82) is 0 Å². The molecule has 1 unspecified atom stereocenters. The van der Waals surface area contributed by atoms with Gasteiger partial charge in [-0.15, -0.1) is 0 Å². The number of rotatable bonds is 4. The number of hydrogen-bond acceptors (Lipinski definition) is 4. The fourth-order valence-electron chi connectivity index (χ4n) is 2.93. The molecule has 0 bridgehead atoms. The van der Waals surface area contributed by atoms with Crippen LogP contribution in [0, 0.1) is 0 Å². The molecule has 110 valence electrons. The minimum Gasteiger partial charge on any atom is -0.394 e. The summed E-state index contributed by atoms with van der Waals surface area (Å²) in [7, 11) is 0. The second-order valence-electron chi connectivity index (χ2n) is 5.67. The normalized spacial score (nSPS) is 26.9. The third-order valence-electron chi connectivity index (χ3n) is 4.01. The zero-order chi connectivity index (χ0) is 13.5. The van der Waals surface area contributed by atoms with Crippen LogP contribution in [-0.4, -0.2) is 60.9 Å². The van der Waals surface area contributed by atoms with Crippen LogP contribution in [0.3, 0.4) is 0 Å². The first-order chi connectivity index (χ1) is 9.28. The lowest BCUT2D eigenvalue weighted by Crippen LogP contribution is -2.49. The van der Waals surface area contributed by atoms with E-state index >= 15 is 0 Å². The molecule has 19 heavy (non-hydrogen) atoms. The molecule has 1 heterocycles. The highest BCUT2D eigenvalue weighted by molar-refractivity contribution is 5.78. The lowest BCUT2D eigenvalue weighted by Gasteiger charge is -2.31. The van der Waals surface area contributed by atoms with Gasteiger partial charge in [0.05, 0.1) is 25.9 Å². The van der Waals surface area contributed by atoms with E-state index in [0.29, 0.717) is 25.7 Å². The summed E-state index contributed by atoms with van der Waals surface area (Å²) >= 11 is 0. The Labute approximate surface area is 115 Å². The molecule has 1 saturated carbocycles. The maximum atomic E-state index is 12.0. The zero-order valence-electron chi connectivity index (χ0n) is 11.6. The molecule has 1 aliphatic heterocycles. The first kappa shape index (κ1) is 14.8. The van der Waals surface area contributed by atoms with Crippen molar-refractivity contribution in [3.63, 3.8) is 0 Å². The number of hydrogen-bond donors (Lipinski definition) is 2. The minimum atomic E-state index is -0.139. The van der Waals surface area contributed by atoms with Crippen LogP contribution in [0.2, 0.25) is 0 Å². The second-order valence-corrected chi connectivity index (χ2v) is 5.67. The molecule has 2 rings (SSSR count). The molecule has 5 nitrogen and oxygen atoms in total. The highest BCUT2D eigenvalue weighted by atomic mass is 16.5. The summed E-state index contributed by atoms with van der Waals surface area (Å²) in [4.78, 5) is 14.1. The minimum absolute atomic E-state index is 0.0285. The van der Waals surface area contributed by atoms with E-state index in [2.05, 4.69) is 10.2 Å². The van der Waals surface area contributed by atoms with Crippen molar-refractivity contribution in [1.82, 2.24) is 10.2 Å². The summed E-state index contributed by atoms with van der Waals surface area (Å²) in [5.74, 6) is 0.116. The summed E-state index contributed by atoms with van der Waals surface area (Å²) in [6.45, 7) is 2.47. The third-order valence-corrected chi connectivity index (χ3v) is 4.01. The fourth-order valence-corrected chi connectivity index (χ4v) is 2.93. The summed E-state index contributed by atoms with van der Waals surface area (Å²) in [5, 5.41) is 12.2. The number of morpholine rings is 1. The first-order valence-corrected chi connectivity index (χ1v) is 7.52. The Hall–Kier alpha value is -0.650. The molecular formula is C14H26N2O3. The van der Waals surface area contributed by atoms with E-state index in [0.717, 1.165) is 19.4 Å². The van der Waals surface area contributed by atoms with Crippen LogP contribution in [0.25, 0.3) is 0 Å². The van der Waals surface area contributed by atoms with E-state index in [9.17, 15) is 4.79 Å². The molecular weight excluding hydrogens is 244 g/mol. The predicted molar refractivity (Wildman–Crippen MR) is 72.9 cm³/mol. The quantitative estimate of drug-likeness (QED) is 0.731. The molecule has 0 aromatic carbocycles. The van der Waals surface area contributed by atoms with E-state index in [1.54, 1.807) is 0 Å². The summed E-state index contributed by atoms with van der Waals surface area (Å²) in [6.07, 6.45) is 7.16. The van der Waals surface area contributed by atoms with Crippen LogP contribution in [0.4, 0.5) is 0 Å². The Kier molecular flexibility index (Phi) is 6.07. The number of carbonyl (C=O) groups excluding carboxylic acids is 1. The van der Waals surface area contributed by atoms with Gasteiger partial charge in [0, 0.05) is 19.1 Å². The topological polar surface area (TPSA) is 61.8 Å². The van der Waals surface area contributed by atoms with Gasteiger partial charge in [-0.05, 0) is 12.8 Å². The molecule has 0 aromatic heterocycles. The van der Waals surface area contributed by atoms with Crippen molar-refractivity contribution in [2.24, 2.45) is 0 Å². The number of aliphatic hydroxyl groups excluding tert-OH is 1. The zero-order valence-corrected chi connectivity index (χ0v) is 11.6. The molecule has 1 atom stereocenters. The Morgan fingerprint density at radius 3 is 2.68 bits per heavy atom. The van der Waals surface area contributed by atoms with Gasteiger partial charge >= 0.3 is 0 Å². The summed E-state index contributed by atoms with van der Waals surface area (Å²) in [6, 6.07) is 0.365. The lowest BCUT2D eigenvalue weighted by molar-refractivity contribution is -0.125. The van der Waals surface area contributed by atoms with Crippen molar-refractivity contribution < 1.29 is 14.6 Å². The van der Waals surface area contributed by atoms with Gasteiger partial charge in [0.1, 0.15) is 0 Å². The van der Waals surface area contributed by atoms with Crippen LogP contribution < -0.4 is 5.32 Å². The Bertz CT molecular complexity index is 278. The highest BCUT2D eigenvalue weighted by Crippen LogP contribution is 2.17. The van der Waals surface area contributed by atoms with Gasteiger partial charge in [0.15, 0.2) is 0 Å². The standard InChI is InChI=1S/C14H26N2O3/c17-11-13-9-16(7-8-19-13)10-14(18)15-12-5-3-1-2-4-6-12/h12-13,17H,1-11H2,(H,15,18). The average molecular weight is 270 g/mol. The Balaban J connectivity index is 1.70. The second kappa shape index (κ2) is 7.82. The SMILES string of the molecule is O=C(CN1CCOC(CO)C1)NC1CCCCCC1. The van der Waals surface area contributed by atoms with Crippen molar-refractivity contribution >= 4 is 5.91 Å². The van der Waals surface area contributed by atoms with E-state index in [4.69, 9.17) is 9.84 Å². The van der Waals surface area contributed by atoms with Gasteiger partial charge in [0.25, 0.3) is 0 Å². The Morgan fingerprint density at radius 2 is 2.00 bits per heavy atom. The van der Waals surface area contributed by atoms with E-state index in [1.807, 2.05) is 0 Å². The van der Waals surface area contributed by atoms with Crippen LogP contribution in [0.5, 0.6) is 0 Å². The molecule has 2 aliphatic rings. The van der Waals surface area contributed by atoms with Crippen LogP contribution >= 0.6 is 0 Å². The third kappa shape index (κ3) is 5.09. The molecule has 5 heteroatoms. The predicted octanol–water partition coefficient (Wildman–Crippen LogP) is 0.518. The lowest BCUT2D eigenvalue weighted by atomic mass is 10.1. The number of nitrogens with one attached hydrogen (secondary N) is 1. The molecule has 1 aliphatic carbocycles. The molecule has 1 amide bonds. The molecule has 1 saturated heterocycles. The van der Waals surface area contributed by atoms with Gasteiger partial charge in [-0.3, -0.25) is 9.69 Å². The number of carbonyl (C=O) groups is 1. The number of aliphatic hydroxyl groups is 1. The summed E-state index contributed by atoms with van der Waals surface area (Å²) in [5.41, 5.74) is 0. The molecule has 0 radical (unpaired) electrons. The largest absolute Gasteiger partial charge is 0.394 e. The maximum absolute atomic E-state index is 12.0. The molecule has 2 N–H and O–H groups in total. The highest BCUT2D eigenvalue weighted by Gasteiger charge is 2.22. The van der Waals surface area contributed by atoms with Crippen molar-refractivity contribution in [2.45, 2.75) is 50.7 Å². The summed E-state index contributed by atoms with van der Waals surface area (Å²) < 4.78 is 5.38. The molecule has 0 aromatic rings. The van der Waals surface area contributed by atoms with Gasteiger partial charge < -0.3 is 15.2 Å². The first-order valence-electron chi connectivity index (χ1n) is 7.52. The number of ether oxygens (including phenoxy) is 1. The average Bonchev–Trinajstić information content (AvgIpc) is 2.67. The Morgan fingerprint density at radius 1 is 1.26 bits per heavy atom. The smallest absolute Gasteiger partial charge is 0.234 e. The van der Waals surface area contributed by atoms with E-state index in [-0.39, 0.29) is 18.6 Å². The maximum Gasteiger partial charge on any atom is 0.234 e. The monoisotopic (exact) mass is 270 g/mol. The molecule has 0 spiro atoms. The van der Waals surface area contributed by atoms with Crippen molar-refractivity contribution in [2.75, 3.05) is 32.8 Å². The van der Waals surface area contributed by atoms with E-state index in [1.165, 1.54) is 25.7 Å². The van der Waals surface area contributed by atoms with Gasteiger partial charge in [-0.2, -0.15) is 0 Å². The number of nitrogens with zero attached hydrogens (tertiary/aromatic N) is 1. The van der Waals surface area contributed by atoms with Gasteiger partial charge in [-0.25, -0.2) is 0 Å². The van der Waals surface area contributed by atoms with Crippen molar-refractivity contribution in [3.05, 3.63) is 0 Å². The van der Waals surface area contributed by atoms with Crippen LogP contribution in [0.15, 0.2) is 0 Å². The van der Waals surface area contributed by atoms with E-state index < -0.39 is 0 Å². The van der Waals surface area contributed by atoms with Gasteiger partial charge in [-0.1, -0.05) is 25.7 Å². The van der Waals surface area contributed by atoms with Crippen molar-refractivity contribution in [3.8, 4) is 0 Å². The van der Waals surface area contributed by atoms with Crippen LogP contribution in [0.1, 0.15) is 38.5 Å². The molecule has 2 fully saturated rings. The number of amides is 1. The fraction of sp³-hybridized carbons (Fsp3) is 0.929.